The molecule has 1 amide bonds. The van der Waals surface area contributed by atoms with Crippen molar-refractivity contribution >= 4 is 22.4 Å². The Morgan fingerprint density at radius 3 is 2.65 bits per heavy atom. The number of carbonyl (C=O) groups is 1. The van der Waals surface area contributed by atoms with E-state index in [9.17, 15) is 4.79 Å². The number of aryl methyl sites for hydroxylation is 1. The largest absolute Gasteiger partial charge is 0.484 e. The Hall–Kier alpha value is -2.81. The Morgan fingerprint density at radius 1 is 1.00 bits per heavy atom. The van der Waals surface area contributed by atoms with E-state index < -0.39 is 0 Å². The number of benzene rings is 3. The van der Waals surface area contributed by atoms with Crippen molar-refractivity contribution in [3.8, 4) is 5.75 Å². The highest BCUT2D eigenvalue weighted by molar-refractivity contribution is 6.02. The van der Waals surface area contributed by atoms with E-state index in [4.69, 9.17) is 4.74 Å². The predicted octanol–water partition coefficient (Wildman–Crippen LogP) is 4.42. The van der Waals surface area contributed by atoms with Gasteiger partial charge >= 0.3 is 0 Å². The minimum atomic E-state index is -0.164. The highest BCUT2D eigenvalue weighted by atomic mass is 16.5. The van der Waals surface area contributed by atoms with Gasteiger partial charge in [0.2, 0.25) is 0 Å². The van der Waals surface area contributed by atoms with Gasteiger partial charge in [0, 0.05) is 11.1 Å². The lowest BCUT2D eigenvalue weighted by Gasteiger charge is -2.10. The summed E-state index contributed by atoms with van der Waals surface area (Å²) in [7, 11) is 0. The minimum Gasteiger partial charge on any atom is -0.484 e. The Morgan fingerprint density at radius 2 is 1.78 bits per heavy atom. The molecule has 3 rings (SSSR count). The average molecular weight is 305 g/mol. The molecule has 3 heteroatoms. The van der Waals surface area contributed by atoms with Crippen LogP contribution in [-0.4, -0.2) is 12.5 Å². The van der Waals surface area contributed by atoms with Crippen molar-refractivity contribution in [1.29, 1.82) is 0 Å². The van der Waals surface area contributed by atoms with Gasteiger partial charge in [-0.15, -0.1) is 0 Å². The molecule has 3 nitrogen and oxygen atoms in total. The van der Waals surface area contributed by atoms with Crippen molar-refractivity contribution in [3.63, 3.8) is 0 Å². The number of hydrogen-bond acceptors (Lipinski definition) is 2. The van der Waals surface area contributed by atoms with Gasteiger partial charge < -0.3 is 10.1 Å². The molecule has 0 aromatic heterocycles. The van der Waals surface area contributed by atoms with Crippen LogP contribution in [0.1, 0.15) is 12.5 Å². The number of carbonyl (C=O) groups excluding carboxylic acids is 1. The maximum absolute atomic E-state index is 12.1. The number of rotatable bonds is 5. The Kier molecular flexibility index (Phi) is 4.57. The van der Waals surface area contributed by atoms with Gasteiger partial charge in [-0.05, 0) is 35.6 Å². The van der Waals surface area contributed by atoms with Crippen LogP contribution in [0.25, 0.3) is 10.8 Å². The minimum absolute atomic E-state index is 0.00358. The summed E-state index contributed by atoms with van der Waals surface area (Å²) in [6.07, 6.45) is 0.944. The topological polar surface area (TPSA) is 38.3 Å². The van der Waals surface area contributed by atoms with Crippen molar-refractivity contribution in [1.82, 2.24) is 0 Å². The Labute approximate surface area is 135 Å². The van der Waals surface area contributed by atoms with Gasteiger partial charge in [-0.25, -0.2) is 0 Å². The maximum Gasteiger partial charge on any atom is 0.262 e. The van der Waals surface area contributed by atoms with E-state index >= 15 is 0 Å². The zero-order valence-electron chi connectivity index (χ0n) is 13.1. The summed E-state index contributed by atoms with van der Waals surface area (Å²) in [4.78, 5) is 12.1. The number of nitrogens with one attached hydrogen (secondary N) is 1. The summed E-state index contributed by atoms with van der Waals surface area (Å²) >= 11 is 0. The van der Waals surface area contributed by atoms with E-state index in [-0.39, 0.29) is 12.5 Å². The zero-order chi connectivity index (χ0) is 16.1. The van der Waals surface area contributed by atoms with Gasteiger partial charge in [0.05, 0.1) is 0 Å². The molecule has 0 heterocycles. The van der Waals surface area contributed by atoms with Crippen LogP contribution in [0.4, 0.5) is 5.69 Å². The third-order valence-electron chi connectivity index (χ3n) is 3.74. The molecule has 0 saturated heterocycles. The van der Waals surface area contributed by atoms with Gasteiger partial charge in [-0.1, -0.05) is 55.5 Å². The predicted molar refractivity (Wildman–Crippen MR) is 93.9 cm³/mol. The maximum atomic E-state index is 12.1. The molecular formula is C20H19NO2. The van der Waals surface area contributed by atoms with Crippen molar-refractivity contribution < 1.29 is 9.53 Å². The van der Waals surface area contributed by atoms with Gasteiger partial charge in [-0.2, -0.15) is 0 Å². The Balaban J connectivity index is 1.67. The van der Waals surface area contributed by atoms with E-state index in [1.807, 2.05) is 66.7 Å². The van der Waals surface area contributed by atoms with Crippen molar-refractivity contribution in [3.05, 3.63) is 72.3 Å². The second-order valence-electron chi connectivity index (χ2n) is 5.36. The standard InChI is InChI=1S/C20H19NO2/c1-2-15-7-5-10-17(13-15)23-14-20(22)21-19-12-6-9-16-8-3-4-11-18(16)19/h3-13H,2,14H2,1H3,(H,21,22). The lowest BCUT2D eigenvalue weighted by atomic mass is 10.1. The van der Waals surface area contributed by atoms with Crippen LogP contribution in [0.2, 0.25) is 0 Å². The third-order valence-corrected chi connectivity index (χ3v) is 3.74. The molecule has 0 atom stereocenters. The van der Waals surface area contributed by atoms with Crippen molar-refractivity contribution in [2.24, 2.45) is 0 Å². The summed E-state index contributed by atoms with van der Waals surface area (Å²) in [5, 5.41) is 5.04. The molecule has 0 spiro atoms. The third kappa shape index (κ3) is 3.69. The molecule has 1 N–H and O–H groups in total. The van der Waals surface area contributed by atoms with E-state index in [0.717, 1.165) is 28.6 Å². The molecule has 0 saturated carbocycles. The lowest BCUT2D eigenvalue weighted by Crippen LogP contribution is -2.20. The number of fused-ring (bicyclic) bond motifs is 1. The SMILES string of the molecule is CCc1cccc(OCC(=O)Nc2cccc3ccccc23)c1. The molecule has 116 valence electrons. The van der Waals surface area contributed by atoms with Crippen LogP contribution < -0.4 is 10.1 Å². The van der Waals surface area contributed by atoms with E-state index in [1.54, 1.807) is 0 Å². The first-order valence-electron chi connectivity index (χ1n) is 7.75. The quantitative estimate of drug-likeness (QED) is 0.758. The summed E-state index contributed by atoms with van der Waals surface area (Å²) in [5.74, 6) is 0.556. The van der Waals surface area contributed by atoms with Crippen molar-refractivity contribution in [2.75, 3.05) is 11.9 Å². The molecule has 0 bridgehead atoms. The van der Waals surface area contributed by atoms with Crippen LogP contribution in [0, 0.1) is 0 Å². The van der Waals surface area contributed by atoms with Crippen LogP contribution >= 0.6 is 0 Å². The average Bonchev–Trinajstić information content (AvgIpc) is 2.60. The van der Waals surface area contributed by atoms with E-state index in [1.165, 1.54) is 5.56 Å². The monoisotopic (exact) mass is 305 g/mol. The van der Waals surface area contributed by atoms with E-state index in [2.05, 4.69) is 12.2 Å². The summed E-state index contributed by atoms with van der Waals surface area (Å²) in [6, 6.07) is 21.6. The van der Waals surface area contributed by atoms with Gasteiger partial charge in [0.1, 0.15) is 5.75 Å². The molecule has 0 radical (unpaired) electrons. The van der Waals surface area contributed by atoms with Crippen LogP contribution in [0.5, 0.6) is 5.75 Å². The highest BCUT2D eigenvalue weighted by Crippen LogP contribution is 2.23. The second-order valence-corrected chi connectivity index (χ2v) is 5.36. The molecule has 3 aromatic rings. The van der Waals surface area contributed by atoms with Crippen LogP contribution in [0.3, 0.4) is 0 Å². The Bertz CT molecular complexity index is 821. The van der Waals surface area contributed by atoms with E-state index in [0.29, 0.717) is 0 Å². The molecular weight excluding hydrogens is 286 g/mol. The summed E-state index contributed by atoms with van der Waals surface area (Å²) in [5.41, 5.74) is 2.00. The van der Waals surface area contributed by atoms with Crippen LogP contribution in [-0.2, 0) is 11.2 Å². The van der Waals surface area contributed by atoms with Gasteiger partial charge in [0.15, 0.2) is 6.61 Å². The summed E-state index contributed by atoms with van der Waals surface area (Å²) in [6.45, 7) is 2.09. The second kappa shape index (κ2) is 6.97. The first kappa shape index (κ1) is 15.1. The molecule has 0 unspecified atom stereocenters. The number of anilines is 1. The number of amides is 1. The van der Waals surface area contributed by atoms with Crippen molar-refractivity contribution in [2.45, 2.75) is 13.3 Å². The molecule has 0 aliphatic heterocycles. The molecule has 3 aromatic carbocycles. The fourth-order valence-electron chi connectivity index (χ4n) is 2.52. The zero-order valence-corrected chi connectivity index (χ0v) is 13.1. The first-order chi connectivity index (χ1) is 11.3. The molecule has 0 aliphatic rings. The smallest absolute Gasteiger partial charge is 0.262 e. The summed E-state index contributed by atoms with van der Waals surface area (Å²) < 4.78 is 5.58. The first-order valence-corrected chi connectivity index (χ1v) is 7.75. The lowest BCUT2D eigenvalue weighted by molar-refractivity contribution is -0.118. The molecule has 0 aliphatic carbocycles. The number of ether oxygens (including phenoxy) is 1. The van der Waals surface area contributed by atoms with Gasteiger partial charge in [0.25, 0.3) is 5.91 Å². The highest BCUT2D eigenvalue weighted by Gasteiger charge is 2.06. The molecule has 23 heavy (non-hydrogen) atoms. The molecule has 0 fully saturated rings. The fraction of sp³-hybridized carbons (Fsp3) is 0.150. The van der Waals surface area contributed by atoms with Crippen LogP contribution in [0.15, 0.2) is 66.7 Å². The normalized spacial score (nSPS) is 10.5. The fourth-order valence-corrected chi connectivity index (χ4v) is 2.52. The van der Waals surface area contributed by atoms with Gasteiger partial charge in [-0.3, -0.25) is 4.79 Å². The number of hydrogen-bond donors (Lipinski definition) is 1.